The van der Waals surface area contributed by atoms with Crippen LogP contribution in [0.25, 0.3) is 11.0 Å². The van der Waals surface area contributed by atoms with Crippen LogP contribution in [0.4, 0.5) is 0 Å². The van der Waals surface area contributed by atoms with Crippen LogP contribution < -0.4 is 26.4 Å². The van der Waals surface area contributed by atoms with Crippen LogP contribution >= 0.6 is 21.6 Å². The average Bonchev–Trinajstić information content (AvgIpc) is 3.50. The molecular formula is C27H35N3O6S2. The van der Waals surface area contributed by atoms with Gasteiger partial charge in [0, 0.05) is 41.0 Å². The van der Waals surface area contributed by atoms with Gasteiger partial charge in [-0.25, -0.2) is 4.99 Å². The highest BCUT2D eigenvalue weighted by Crippen LogP contribution is 2.57. The third-order valence-electron chi connectivity index (χ3n) is 8.31. The lowest BCUT2D eigenvalue weighted by Gasteiger charge is -2.37. The molecule has 2 aliphatic carbocycles. The lowest BCUT2D eigenvalue weighted by Crippen LogP contribution is -2.47. The summed E-state index contributed by atoms with van der Waals surface area (Å²) in [6, 6.07) is 1.04. The van der Waals surface area contributed by atoms with Gasteiger partial charge in [0.2, 0.25) is 0 Å². The second-order valence-corrected chi connectivity index (χ2v) is 13.7. The Bertz CT molecular complexity index is 1320. The van der Waals surface area contributed by atoms with Crippen LogP contribution in [-0.2, 0) is 5.75 Å². The Hall–Kier alpha value is -2.08. The van der Waals surface area contributed by atoms with Crippen molar-refractivity contribution in [3.8, 4) is 11.5 Å². The lowest BCUT2D eigenvalue weighted by atomic mass is 9.74. The summed E-state index contributed by atoms with van der Waals surface area (Å²) >= 11 is 0. The Kier molecular flexibility index (Phi) is 6.99. The second-order valence-electron chi connectivity index (χ2n) is 11.2. The first-order valence-electron chi connectivity index (χ1n) is 13.5. The molecule has 1 aromatic carbocycles. The van der Waals surface area contributed by atoms with Crippen LogP contribution in [0.1, 0.15) is 87.2 Å². The zero-order valence-electron chi connectivity index (χ0n) is 21.5. The molecule has 0 spiro atoms. The molecule has 2 bridgehead atoms. The van der Waals surface area contributed by atoms with Gasteiger partial charge in [0.1, 0.15) is 40.4 Å². The summed E-state index contributed by atoms with van der Waals surface area (Å²) in [6.07, 6.45) is 5.18. The first kappa shape index (κ1) is 26.2. The first-order valence-corrected chi connectivity index (χ1v) is 15.9. The van der Waals surface area contributed by atoms with Crippen molar-refractivity contribution in [2.75, 3.05) is 5.75 Å². The van der Waals surface area contributed by atoms with Crippen LogP contribution in [0.5, 0.6) is 11.5 Å². The van der Waals surface area contributed by atoms with Crippen molar-refractivity contribution in [1.29, 1.82) is 0 Å². The smallest absolute Gasteiger partial charge is 0.196 e. The van der Waals surface area contributed by atoms with Gasteiger partial charge in [-0.3, -0.25) is 4.79 Å². The molecule has 38 heavy (non-hydrogen) atoms. The standard InChI is InChI=1S/C27H35N3O6S2/c1-27(33)8-4-7-15-20-22(36-25(15)27)16-12-38-37-11-13(30-26(28)29)9-17(31)19-10-18(32)21(23(16)35-19)24(20)34-14-5-2-3-6-14/h10,13-15,17,25,31,33H,2-9,11-12H2,1H3,(H4,28,29,30)/t13-,15-,17-,25+,27-/m1/s1. The van der Waals surface area contributed by atoms with E-state index >= 15 is 0 Å². The largest absolute Gasteiger partial charge is 0.489 e. The third kappa shape index (κ3) is 4.65. The quantitative estimate of drug-likeness (QED) is 0.247. The van der Waals surface area contributed by atoms with Gasteiger partial charge in [-0.2, -0.15) is 0 Å². The van der Waals surface area contributed by atoms with E-state index in [2.05, 4.69) is 4.99 Å². The molecule has 0 radical (unpaired) electrons. The van der Waals surface area contributed by atoms with Gasteiger partial charge in [0.25, 0.3) is 0 Å². The molecule has 6 N–H and O–H groups in total. The van der Waals surface area contributed by atoms with Crippen LogP contribution in [0, 0.1) is 0 Å². The second kappa shape index (κ2) is 10.1. The van der Waals surface area contributed by atoms with Crippen molar-refractivity contribution < 1.29 is 24.1 Å². The molecular weight excluding hydrogens is 526 g/mol. The van der Waals surface area contributed by atoms with Gasteiger partial charge in [0.15, 0.2) is 11.4 Å². The summed E-state index contributed by atoms with van der Waals surface area (Å²) in [5.74, 6) is 2.34. The number of guanidine groups is 1. The molecule has 0 unspecified atom stereocenters. The van der Waals surface area contributed by atoms with E-state index in [1.54, 1.807) is 21.6 Å². The number of nitrogens with two attached hydrogens (primary N) is 2. The predicted octanol–water partition coefficient (Wildman–Crippen LogP) is 3.85. The van der Waals surface area contributed by atoms with Crippen LogP contribution in [0.2, 0.25) is 0 Å². The van der Waals surface area contributed by atoms with Crippen LogP contribution in [0.15, 0.2) is 20.3 Å². The number of fused-ring (bicyclic) bond motifs is 5. The maximum atomic E-state index is 13.8. The van der Waals surface area contributed by atoms with E-state index in [4.69, 9.17) is 25.4 Å². The van der Waals surface area contributed by atoms with Crippen molar-refractivity contribution in [2.24, 2.45) is 16.5 Å². The summed E-state index contributed by atoms with van der Waals surface area (Å²) in [5, 5.41) is 22.8. The highest BCUT2D eigenvalue weighted by molar-refractivity contribution is 8.76. The molecule has 206 valence electrons. The van der Waals surface area contributed by atoms with E-state index in [9.17, 15) is 15.0 Å². The van der Waals surface area contributed by atoms with E-state index in [-0.39, 0.29) is 41.6 Å². The van der Waals surface area contributed by atoms with E-state index in [1.807, 2.05) is 6.92 Å². The maximum Gasteiger partial charge on any atom is 0.196 e. The van der Waals surface area contributed by atoms with Crippen molar-refractivity contribution in [3.05, 3.63) is 33.2 Å². The molecule has 4 aliphatic rings. The van der Waals surface area contributed by atoms with Gasteiger partial charge in [-0.05, 0) is 51.9 Å². The number of nitrogens with zero attached hydrogens (tertiary/aromatic N) is 1. The monoisotopic (exact) mass is 561 g/mol. The summed E-state index contributed by atoms with van der Waals surface area (Å²) in [6.45, 7) is 1.83. The molecule has 2 fully saturated rings. The minimum absolute atomic E-state index is 0.0216. The molecule has 6 rings (SSSR count). The normalized spacial score (nSPS) is 31.3. The van der Waals surface area contributed by atoms with Crippen molar-refractivity contribution in [2.45, 2.75) is 99.9 Å². The van der Waals surface area contributed by atoms with Crippen molar-refractivity contribution >= 4 is 38.5 Å². The minimum atomic E-state index is -1.06. The fraction of sp³-hybridized carbons (Fsp3) is 0.630. The summed E-state index contributed by atoms with van der Waals surface area (Å²) in [7, 11) is 3.20. The lowest BCUT2D eigenvalue weighted by molar-refractivity contribution is -0.0727. The fourth-order valence-corrected chi connectivity index (χ4v) is 8.80. The highest BCUT2D eigenvalue weighted by atomic mass is 33.1. The van der Waals surface area contributed by atoms with Crippen molar-refractivity contribution in [1.82, 2.24) is 0 Å². The van der Waals surface area contributed by atoms with Gasteiger partial charge in [-0.15, -0.1) is 0 Å². The first-order chi connectivity index (χ1) is 18.2. The number of rotatable bonds is 3. The van der Waals surface area contributed by atoms with Gasteiger partial charge in [-0.1, -0.05) is 21.6 Å². The maximum absolute atomic E-state index is 13.8. The number of hydrogen-bond acceptors (Lipinski definition) is 9. The summed E-state index contributed by atoms with van der Waals surface area (Å²) in [5.41, 5.74) is 12.1. The molecule has 3 heterocycles. The van der Waals surface area contributed by atoms with Crippen LogP contribution in [-0.4, -0.2) is 45.8 Å². The molecule has 0 saturated heterocycles. The number of aliphatic hydroxyl groups is 2. The third-order valence-corrected chi connectivity index (χ3v) is 10.7. The Morgan fingerprint density at radius 2 is 2.00 bits per heavy atom. The van der Waals surface area contributed by atoms with Gasteiger partial charge < -0.3 is 35.6 Å². The highest BCUT2D eigenvalue weighted by Gasteiger charge is 2.51. The average molecular weight is 562 g/mol. The minimum Gasteiger partial charge on any atom is -0.489 e. The Balaban J connectivity index is 1.56. The molecule has 9 nitrogen and oxygen atoms in total. The van der Waals surface area contributed by atoms with Crippen molar-refractivity contribution in [3.63, 3.8) is 0 Å². The van der Waals surface area contributed by atoms with E-state index < -0.39 is 17.8 Å². The van der Waals surface area contributed by atoms with Gasteiger partial charge in [0.05, 0.1) is 17.7 Å². The Labute approximate surface area is 229 Å². The van der Waals surface area contributed by atoms with E-state index in [0.717, 1.165) is 49.7 Å². The Morgan fingerprint density at radius 3 is 2.76 bits per heavy atom. The number of ether oxygens (including phenoxy) is 2. The predicted molar refractivity (Wildman–Crippen MR) is 150 cm³/mol. The van der Waals surface area contributed by atoms with E-state index in [0.29, 0.717) is 40.4 Å². The molecule has 2 aromatic rings. The number of benzene rings is 1. The molecule has 0 amide bonds. The van der Waals surface area contributed by atoms with Gasteiger partial charge >= 0.3 is 0 Å². The SMILES string of the molecule is C[C@@]1(O)CCC[C@@H]2c3c(c4c5oc(cc(=O)c5c3OC3CCCC3)[C@H](O)C[C@@H](N=C(N)N)CSSC4)O[C@@H]21. The molecule has 2 aliphatic heterocycles. The van der Waals surface area contributed by atoms with Crippen LogP contribution in [0.3, 0.4) is 0 Å². The molecule has 5 atom stereocenters. The number of aliphatic imine (C=N–C) groups is 1. The zero-order chi connectivity index (χ0) is 26.6. The van der Waals surface area contributed by atoms with E-state index in [1.165, 1.54) is 6.07 Å². The zero-order valence-corrected chi connectivity index (χ0v) is 23.1. The molecule has 1 aromatic heterocycles. The summed E-state index contributed by atoms with van der Waals surface area (Å²) in [4.78, 5) is 18.1. The molecule has 11 heteroatoms. The summed E-state index contributed by atoms with van der Waals surface area (Å²) < 4.78 is 19.6. The topological polar surface area (TPSA) is 154 Å². The fourth-order valence-electron chi connectivity index (χ4n) is 6.51. The molecule has 2 saturated carbocycles. The number of aliphatic hydroxyl groups excluding tert-OH is 1. The number of hydrogen-bond donors (Lipinski definition) is 4. The Morgan fingerprint density at radius 1 is 1.21 bits per heavy atom.